The molecule has 0 bridgehead atoms. The van der Waals surface area contributed by atoms with Gasteiger partial charge in [-0.05, 0) is 0 Å². The lowest BCUT2D eigenvalue weighted by molar-refractivity contribution is -0.130. The Hall–Kier alpha value is -1.23. The van der Waals surface area contributed by atoms with Gasteiger partial charge in [0.25, 0.3) is 0 Å². The third-order valence-corrected chi connectivity index (χ3v) is 1.63. The molecular formula is C5H4N2O2S. The molecule has 52 valence electrons. The first-order valence-electron chi connectivity index (χ1n) is 2.40. The zero-order chi connectivity index (χ0) is 7.56. The summed E-state index contributed by atoms with van der Waals surface area (Å²) in [6.07, 6.45) is 0. The highest BCUT2D eigenvalue weighted by atomic mass is 32.1. The Bertz CT molecular complexity index is 255. The summed E-state index contributed by atoms with van der Waals surface area (Å²) in [5, 5.41) is 15.7. The van der Waals surface area contributed by atoms with E-state index in [-0.39, 0.29) is 5.57 Å². The van der Waals surface area contributed by atoms with Crippen molar-refractivity contribution >= 4 is 22.9 Å². The standard InChI is InChI=1S/C5H4N2O2S/c1-3(5(8)9)4-7-6-2-10-4/h2H,1H2,(H,8,9). The fourth-order valence-corrected chi connectivity index (χ4v) is 0.914. The highest BCUT2D eigenvalue weighted by molar-refractivity contribution is 7.10. The molecule has 1 rings (SSSR count). The van der Waals surface area contributed by atoms with E-state index in [1.807, 2.05) is 0 Å². The van der Waals surface area contributed by atoms with E-state index >= 15 is 0 Å². The van der Waals surface area contributed by atoms with Crippen molar-refractivity contribution in [3.05, 3.63) is 17.1 Å². The second kappa shape index (κ2) is 2.57. The number of carboxylic acids is 1. The summed E-state index contributed by atoms with van der Waals surface area (Å²) >= 11 is 1.16. The predicted molar refractivity (Wildman–Crippen MR) is 36.6 cm³/mol. The van der Waals surface area contributed by atoms with E-state index in [1.165, 1.54) is 5.51 Å². The van der Waals surface area contributed by atoms with E-state index in [4.69, 9.17) is 5.11 Å². The van der Waals surface area contributed by atoms with Gasteiger partial charge in [-0.2, -0.15) is 0 Å². The Balaban J connectivity index is 2.88. The summed E-state index contributed by atoms with van der Waals surface area (Å²) in [6, 6.07) is 0. The minimum Gasteiger partial charge on any atom is -0.478 e. The van der Waals surface area contributed by atoms with Crippen molar-refractivity contribution in [2.75, 3.05) is 0 Å². The molecule has 0 fully saturated rings. The van der Waals surface area contributed by atoms with E-state index < -0.39 is 5.97 Å². The molecule has 4 nitrogen and oxygen atoms in total. The monoisotopic (exact) mass is 156 g/mol. The van der Waals surface area contributed by atoms with Crippen LogP contribution in [0.3, 0.4) is 0 Å². The lowest BCUT2D eigenvalue weighted by Gasteiger charge is -1.88. The van der Waals surface area contributed by atoms with Crippen LogP contribution >= 0.6 is 11.3 Å². The number of carbonyl (C=O) groups is 1. The molecule has 1 aromatic heterocycles. The van der Waals surface area contributed by atoms with Gasteiger partial charge in [0.2, 0.25) is 0 Å². The van der Waals surface area contributed by atoms with Crippen molar-refractivity contribution in [1.29, 1.82) is 0 Å². The average Bonchev–Trinajstić information content (AvgIpc) is 2.36. The molecule has 0 aromatic carbocycles. The molecule has 5 heteroatoms. The quantitative estimate of drug-likeness (QED) is 0.638. The molecule has 0 atom stereocenters. The van der Waals surface area contributed by atoms with Crippen LogP contribution in [0.25, 0.3) is 5.57 Å². The van der Waals surface area contributed by atoms with Crippen molar-refractivity contribution < 1.29 is 9.90 Å². The number of carboxylic acid groups (broad SMARTS) is 1. The van der Waals surface area contributed by atoms with Gasteiger partial charge in [-0.25, -0.2) is 4.79 Å². The van der Waals surface area contributed by atoms with Gasteiger partial charge in [-0.3, -0.25) is 0 Å². The zero-order valence-corrected chi connectivity index (χ0v) is 5.76. The number of rotatable bonds is 2. The summed E-state index contributed by atoms with van der Waals surface area (Å²) in [5.41, 5.74) is 1.45. The smallest absolute Gasteiger partial charge is 0.338 e. The second-order valence-corrected chi connectivity index (χ2v) is 2.36. The molecule has 1 aromatic rings. The maximum absolute atomic E-state index is 10.2. The molecule has 0 saturated heterocycles. The molecular weight excluding hydrogens is 152 g/mol. The molecule has 1 heterocycles. The van der Waals surface area contributed by atoms with Gasteiger partial charge in [0.15, 0.2) is 5.01 Å². The number of hydrogen-bond acceptors (Lipinski definition) is 4. The summed E-state index contributed by atoms with van der Waals surface area (Å²) < 4.78 is 0. The Labute approximate surface area is 60.8 Å². The summed E-state index contributed by atoms with van der Waals surface area (Å²) in [4.78, 5) is 10.2. The number of hydrogen-bond donors (Lipinski definition) is 1. The number of nitrogens with zero attached hydrogens (tertiary/aromatic N) is 2. The molecule has 0 aliphatic rings. The van der Waals surface area contributed by atoms with E-state index in [0.717, 1.165) is 11.3 Å². The van der Waals surface area contributed by atoms with E-state index in [0.29, 0.717) is 5.01 Å². The van der Waals surface area contributed by atoms with Gasteiger partial charge < -0.3 is 5.11 Å². The van der Waals surface area contributed by atoms with Crippen LogP contribution in [0, 0.1) is 0 Å². The van der Waals surface area contributed by atoms with Crippen LogP contribution < -0.4 is 0 Å². The van der Waals surface area contributed by atoms with Gasteiger partial charge in [-0.1, -0.05) is 17.9 Å². The summed E-state index contributed by atoms with van der Waals surface area (Å²) in [5.74, 6) is -1.06. The van der Waals surface area contributed by atoms with Crippen LogP contribution in [0.4, 0.5) is 0 Å². The van der Waals surface area contributed by atoms with Gasteiger partial charge >= 0.3 is 5.97 Å². The molecule has 1 N–H and O–H groups in total. The second-order valence-electron chi connectivity index (χ2n) is 1.53. The Morgan fingerprint density at radius 3 is 2.90 bits per heavy atom. The minimum absolute atomic E-state index is 0.0116. The zero-order valence-electron chi connectivity index (χ0n) is 4.94. The molecule has 0 amide bonds. The maximum atomic E-state index is 10.2. The average molecular weight is 156 g/mol. The first kappa shape index (κ1) is 6.88. The van der Waals surface area contributed by atoms with Crippen molar-refractivity contribution in [2.24, 2.45) is 0 Å². The first-order chi connectivity index (χ1) is 4.72. The lowest BCUT2D eigenvalue weighted by Crippen LogP contribution is -1.96. The molecule has 0 unspecified atom stereocenters. The van der Waals surface area contributed by atoms with E-state index in [1.54, 1.807) is 0 Å². The molecule has 0 saturated carbocycles. The summed E-state index contributed by atoms with van der Waals surface area (Å²) in [6.45, 7) is 3.31. The third kappa shape index (κ3) is 1.19. The molecule has 0 radical (unpaired) electrons. The van der Waals surface area contributed by atoms with Crippen LogP contribution in [0.2, 0.25) is 0 Å². The predicted octanol–water partition coefficient (Wildman–Crippen LogP) is 0.636. The third-order valence-electron chi connectivity index (χ3n) is 0.876. The number of aliphatic carboxylic acids is 1. The fourth-order valence-electron chi connectivity index (χ4n) is 0.396. The van der Waals surface area contributed by atoms with Crippen LogP contribution in [-0.2, 0) is 4.79 Å². The minimum atomic E-state index is -1.06. The first-order valence-corrected chi connectivity index (χ1v) is 3.28. The SMILES string of the molecule is C=C(C(=O)O)c1nncs1. The van der Waals surface area contributed by atoms with Crippen molar-refractivity contribution in [2.45, 2.75) is 0 Å². The van der Waals surface area contributed by atoms with Crippen LogP contribution in [0.5, 0.6) is 0 Å². The highest BCUT2D eigenvalue weighted by Crippen LogP contribution is 2.12. The largest absolute Gasteiger partial charge is 0.478 e. The van der Waals surface area contributed by atoms with E-state index in [9.17, 15) is 4.79 Å². The Morgan fingerprint density at radius 1 is 1.80 bits per heavy atom. The van der Waals surface area contributed by atoms with Crippen molar-refractivity contribution in [3.63, 3.8) is 0 Å². The lowest BCUT2D eigenvalue weighted by atomic mass is 10.3. The van der Waals surface area contributed by atoms with Crippen LogP contribution in [0.1, 0.15) is 5.01 Å². The molecule has 0 aliphatic heterocycles. The molecule has 0 aliphatic carbocycles. The molecule has 0 spiro atoms. The van der Waals surface area contributed by atoms with Crippen LogP contribution in [0.15, 0.2) is 12.1 Å². The van der Waals surface area contributed by atoms with Crippen molar-refractivity contribution in [3.8, 4) is 0 Å². The van der Waals surface area contributed by atoms with E-state index in [2.05, 4.69) is 16.8 Å². The topological polar surface area (TPSA) is 63.1 Å². The fraction of sp³-hybridized carbons (Fsp3) is 0. The number of aromatic nitrogens is 2. The van der Waals surface area contributed by atoms with Gasteiger partial charge in [0.1, 0.15) is 5.51 Å². The normalized spacial score (nSPS) is 9.20. The van der Waals surface area contributed by atoms with Crippen LogP contribution in [-0.4, -0.2) is 21.3 Å². The van der Waals surface area contributed by atoms with Gasteiger partial charge in [0.05, 0.1) is 5.57 Å². The Kier molecular flexibility index (Phi) is 1.77. The Morgan fingerprint density at radius 2 is 2.50 bits per heavy atom. The summed E-state index contributed by atoms with van der Waals surface area (Å²) in [7, 11) is 0. The maximum Gasteiger partial charge on any atom is 0.338 e. The van der Waals surface area contributed by atoms with Gasteiger partial charge in [0, 0.05) is 0 Å². The molecule has 10 heavy (non-hydrogen) atoms. The highest BCUT2D eigenvalue weighted by Gasteiger charge is 2.09. The van der Waals surface area contributed by atoms with Crippen molar-refractivity contribution in [1.82, 2.24) is 10.2 Å². The van der Waals surface area contributed by atoms with Gasteiger partial charge in [-0.15, -0.1) is 10.2 Å².